The first-order valence-corrected chi connectivity index (χ1v) is 6.54. The summed E-state index contributed by atoms with van der Waals surface area (Å²) in [5.74, 6) is 0.935. The van der Waals surface area contributed by atoms with E-state index >= 15 is 0 Å². The minimum Gasteiger partial charge on any atom is -0.507 e. The van der Waals surface area contributed by atoms with Gasteiger partial charge in [0.2, 0.25) is 0 Å². The fourth-order valence-electron chi connectivity index (χ4n) is 1.99. The van der Waals surface area contributed by atoms with Gasteiger partial charge in [-0.1, -0.05) is 29.8 Å². The average molecular weight is 310 g/mol. The molecule has 1 heterocycles. The largest absolute Gasteiger partial charge is 0.507 e. The van der Waals surface area contributed by atoms with Gasteiger partial charge >= 0.3 is 0 Å². The molecule has 0 atom stereocenters. The van der Waals surface area contributed by atoms with Crippen molar-refractivity contribution in [1.29, 1.82) is 0 Å². The summed E-state index contributed by atoms with van der Waals surface area (Å²) in [5.41, 5.74) is 8.95. The van der Waals surface area contributed by atoms with Crippen molar-refractivity contribution in [2.24, 2.45) is 0 Å². The van der Waals surface area contributed by atoms with Crippen molar-refractivity contribution < 1.29 is 5.11 Å². The molecule has 0 spiro atoms. The van der Waals surface area contributed by atoms with Crippen LogP contribution in [0.2, 0.25) is 0 Å². The van der Waals surface area contributed by atoms with Crippen molar-refractivity contribution in [3.63, 3.8) is 0 Å². The highest BCUT2D eigenvalue weighted by atomic mass is 79.9. The fourth-order valence-corrected chi connectivity index (χ4v) is 2.43. The Kier molecular flexibility index (Phi) is 3.34. The highest BCUT2D eigenvalue weighted by Crippen LogP contribution is 2.41. The van der Waals surface area contributed by atoms with E-state index in [0.717, 1.165) is 26.9 Å². The molecule has 0 unspecified atom stereocenters. The third kappa shape index (κ3) is 2.10. The summed E-state index contributed by atoms with van der Waals surface area (Å²) in [7, 11) is 0. The van der Waals surface area contributed by atoms with Crippen LogP contribution in [0.1, 0.15) is 30.9 Å². The molecule has 0 aliphatic heterocycles. The summed E-state index contributed by atoms with van der Waals surface area (Å²) >= 11 is 3.53. The zero-order valence-corrected chi connectivity index (χ0v) is 12.2. The first-order chi connectivity index (χ1) is 8.41. The standard InChI is InChI=1S/C13H16BrN3O/c1-6(2)8-4-9(14)7(3)12(13(8)18)10-5-11(15)17-16-10/h4-6,18H,1-3H3,(H3,15,16,17). The lowest BCUT2D eigenvalue weighted by atomic mass is 9.94. The molecule has 1 aromatic carbocycles. The Labute approximate surface area is 114 Å². The number of nitrogen functional groups attached to an aromatic ring is 1. The van der Waals surface area contributed by atoms with E-state index in [4.69, 9.17) is 5.73 Å². The smallest absolute Gasteiger partial charge is 0.145 e. The van der Waals surface area contributed by atoms with Crippen LogP contribution in [-0.4, -0.2) is 15.3 Å². The molecule has 0 aliphatic rings. The highest BCUT2D eigenvalue weighted by Gasteiger charge is 2.18. The summed E-state index contributed by atoms with van der Waals surface area (Å²) in [6, 6.07) is 3.68. The third-order valence-electron chi connectivity index (χ3n) is 3.01. The molecule has 0 fully saturated rings. The van der Waals surface area contributed by atoms with Gasteiger partial charge in [0.05, 0.1) is 5.69 Å². The summed E-state index contributed by atoms with van der Waals surface area (Å²) in [6.45, 7) is 6.03. The van der Waals surface area contributed by atoms with E-state index < -0.39 is 0 Å². The number of H-pyrrole nitrogens is 1. The van der Waals surface area contributed by atoms with E-state index in [-0.39, 0.29) is 11.7 Å². The second kappa shape index (κ2) is 4.65. The quantitative estimate of drug-likeness (QED) is 0.794. The molecule has 0 radical (unpaired) electrons. The zero-order chi connectivity index (χ0) is 13.4. The lowest BCUT2D eigenvalue weighted by Gasteiger charge is -2.15. The van der Waals surface area contributed by atoms with Crippen molar-refractivity contribution >= 4 is 21.7 Å². The molecule has 96 valence electrons. The van der Waals surface area contributed by atoms with Crippen LogP contribution in [0, 0.1) is 6.92 Å². The predicted molar refractivity (Wildman–Crippen MR) is 76.6 cm³/mol. The number of hydrogen-bond acceptors (Lipinski definition) is 3. The Hall–Kier alpha value is -1.49. The van der Waals surface area contributed by atoms with Gasteiger partial charge in [0.25, 0.3) is 0 Å². The number of halogens is 1. The molecular formula is C13H16BrN3O. The van der Waals surface area contributed by atoms with E-state index in [0.29, 0.717) is 5.82 Å². The molecular weight excluding hydrogens is 294 g/mol. The number of rotatable bonds is 2. The lowest BCUT2D eigenvalue weighted by Crippen LogP contribution is -1.95. The lowest BCUT2D eigenvalue weighted by molar-refractivity contribution is 0.466. The van der Waals surface area contributed by atoms with Gasteiger partial charge in [-0.2, -0.15) is 5.10 Å². The number of aromatic hydroxyl groups is 1. The summed E-state index contributed by atoms with van der Waals surface area (Å²) < 4.78 is 0.965. The number of nitrogens with one attached hydrogen (secondary N) is 1. The van der Waals surface area contributed by atoms with Gasteiger partial charge in [0.15, 0.2) is 0 Å². The molecule has 2 rings (SSSR count). The minimum atomic E-state index is 0.237. The Morgan fingerprint density at radius 1 is 1.39 bits per heavy atom. The van der Waals surface area contributed by atoms with Crippen LogP contribution < -0.4 is 5.73 Å². The van der Waals surface area contributed by atoms with Crippen molar-refractivity contribution in [2.45, 2.75) is 26.7 Å². The van der Waals surface area contributed by atoms with Crippen LogP contribution in [0.3, 0.4) is 0 Å². The van der Waals surface area contributed by atoms with Gasteiger partial charge in [-0.3, -0.25) is 5.10 Å². The number of phenols is 1. The predicted octanol–water partition coefficient (Wildman–Crippen LogP) is 3.56. The molecule has 0 saturated carbocycles. The highest BCUT2D eigenvalue weighted by molar-refractivity contribution is 9.10. The molecule has 0 saturated heterocycles. The van der Waals surface area contributed by atoms with Crippen molar-refractivity contribution in [1.82, 2.24) is 10.2 Å². The average Bonchev–Trinajstić information content (AvgIpc) is 2.70. The molecule has 4 N–H and O–H groups in total. The third-order valence-corrected chi connectivity index (χ3v) is 3.84. The Bertz CT molecular complexity index is 590. The first kappa shape index (κ1) is 13.0. The van der Waals surface area contributed by atoms with Gasteiger partial charge in [0, 0.05) is 16.1 Å². The van der Waals surface area contributed by atoms with Crippen LogP contribution in [0.15, 0.2) is 16.6 Å². The molecule has 18 heavy (non-hydrogen) atoms. The van der Waals surface area contributed by atoms with E-state index in [9.17, 15) is 5.11 Å². The molecule has 0 bridgehead atoms. The maximum absolute atomic E-state index is 10.4. The van der Waals surface area contributed by atoms with Crippen molar-refractivity contribution in [3.8, 4) is 17.0 Å². The van der Waals surface area contributed by atoms with Crippen LogP contribution in [-0.2, 0) is 0 Å². The van der Waals surface area contributed by atoms with Gasteiger partial charge in [0.1, 0.15) is 11.6 Å². The summed E-state index contributed by atoms with van der Waals surface area (Å²) in [5, 5.41) is 17.2. The van der Waals surface area contributed by atoms with E-state index in [1.165, 1.54) is 0 Å². The molecule has 0 aliphatic carbocycles. The summed E-state index contributed by atoms with van der Waals surface area (Å²) in [6.07, 6.45) is 0. The van der Waals surface area contributed by atoms with Gasteiger partial charge in [-0.15, -0.1) is 0 Å². The number of benzene rings is 1. The molecule has 5 heteroatoms. The molecule has 1 aromatic heterocycles. The van der Waals surface area contributed by atoms with Gasteiger partial charge in [-0.25, -0.2) is 0 Å². The topological polar surface area (TPSA) is 74.9 Å². The zero-order valence-electron chi connectivity index (χ0n) is 10.6. The number of phenolic OH excluding ortho intramolecular Hbond substituents is 1. The SMILES string of the molecule is Cc1c(Br)cc(C(C)C)c(O)c1-c1cc(N)n[nH]1. The normalized spacial score (nSPS) is 11.2. The molecule has 2 aromatic rings. The Morgan fingerprint density at radius 3 is 2.56 bits per heavy atom. The maximum atomic E-state index is 10.4. The van der Waals surface area contributed by atoms with Gasteiger partial charge < -0.3 is 10.8 Å². The van der Waals surface area contributed by atoms with Crippen LogP contribution >= 0.6 is 15.9 Å². The van der Waals surface area contributed by atoms with Crippen LogP contribution in [0.25, 0.3) is 11.3 Å². The first-order valence-electron chi connectivity index (χ1n) is 5.75. The van der Waals surface area contributed by atoms with E-state index in [1.54, 1.807) is 6.07 Å². The minimum absolute atomic E-state index is 0.237. The fraction of sp³-hybridized carbons (Fsp3) is 0.308. The van der Waals surface area contributed by atoms with E-state index in [2.05, 4.69) is 26.1 Å². The number of nitrogens with two attached hydrogens (primary N) is 1. The van der Waals surface area contributed by atoms with Crippen molar-refractivity contribution in [3.05, 3.63) is 27.7 Å². The maximum Gasteiger partial charge on any atom is 0.145 e. The molecule has 4 nitrogen and oxygen atoms in total. The van der Waals surface area contributed by atoms with Gasteiger partial charge in [-0.05, 0) is 30.0 Å². The second-order valence-corrected chi connectivity index (χ2v) is 5.51. The monoisotopic (exact) mass is 309 g/mol. The number of nitrogens with zero attached hydrogens (tertiary/aromatic N) is 1. The molecule has 0 amide bonds. The van der Waals surface area contributed by atoms with E-state index in [1.807, 2.05) is 26.8 Å². The number of hydrogen-bond donors (Lipinski definition) is 3. The number of aromatic amines is 1. The number of anilines is 1. The Balaban J connectivity index is 2.73. The number of aromatic nitrogens is 2. The van der Waals surface area contributed by atoms with Crippen LogP contribution in [0.4, 0.5) is 5.82 Å². The second-order valence-electron chi connectivity index (χ2n) is 4.66. The Morgan fingerprint density at radius 2 is 2.06 bits per heavy atom. The van der Waals surface area contributed by atoms with Crippen LogP contribution in [0.5, 0.6) is 5.75 Å². The van der Waals surface area contributed by atoms with Crippen molar-refractivity contribution in [2.75, 3.05) is 5.73 Å². The summed E-state index contributed by atoms with van der Waals surface area (Å²) in [4.78, 5) is 0.